The molecule has 0 saturated heterocycles. The lowest BCUT2D eigenvalue weighted by molar-refractivity contribution is 0.116. The summed E-state index contributed by atoms with van der Waals surface area (Å²) in [5, 5.41) is 9.19. The molecule has 0 aliphatic rings. The van der Waals surface area contributed by atoms with E-state index in [-0.39, 0.29) is 11.2 Å². The molecule has 0 spiro atoms. The number of nitrogens with one attached hydrogen (secondary N) is 2. The van der Waals surface area contributed by atoms with Crippen molar-refractivity contribution in [1.29, 1.82) is 0 Å². The molecule has 0 aliphatic heterocycles. The van der Waals surface area contributed by atoms with E-state index in [1.807, 2.05) is 0 Å². The van der Waals surface area contributed by atoms with Crippen molar-refractivity contribution < 1.29 is 5.11 Å². The highest BCUT2D eigenvalue weighted by molar-refractivity contribution is 5.67. The van der Waals surface area contributed by atoms with E-state index in [0.717, 1.165) is 0 Å². The molecule has 7 heteroatoms. The van der Waals surface area contributed by atoms with Crippen LogP contribution in [0.15, 0.2) is 15.9 Å². The Kier molecular flexibility index (Phi) is 1.74. The number of hydrogen-bond donors (Lipinski definition) is 3. The first-order valence-corrected chi connectivity index (χ1v) is 3.97. The Bertz CT molecular complexity index is 576. The Hall–Kier alpha value is -1.89. The number of rotatable bonds is 1. The number of hydrogen-bond acceptors (Lipinski definition) is 4. The van der Waals surface area contributed by atoms with Crippen molar-refractivity contribution in [2.75, 3.05) is 0 Å². The van der Waals surface area contributed by atoms with E-state index in [2.05, 4.69) is 15.0 Å². The molecule has 7 nitrogen and oxygen atoms in total. The van der Waals surface area contributed by atoms with Crippen LogP contribution in [0, 0.1) is 0 Å². The SMILES string of the molecule is CC(O)n1c(=O)[nH]c2nc[nH]c2c1=O. The summed E-state index contributed by atoms with van der Waals surface area (Å²) in [6, 6.07) is 0. The predicted molar refractivity (Wildman–Crippen MR) is 47.9 cm³/mol. The highest BCUT2D eigenvalue weighted by atomic mass is 16.3. The zero-order valence-corrected chi connectivity index (χ0v) is 7.31. The van der Waals surface area contributed by atoms with E-state index in [0.29, 0.717) is 4.57 Å². The molecule has 14 heavy (non-hydrogen) atoms. The number of fused-ring (bicyclic) bond motifs is 1. The van der Waals surface area contributed by atoms with E-state index in [1.165, 1.54) is 13.3 Å². The van der Waals surface area contributed by atoms with E-state index in [9.17, 15) is 14.7 Å². The van der Waals surface area contributed by atoms with Crippen molar-refractivity contribution in [1.82, 2.24) is 19.5 Å². The van der Waals surface area contributed by atoms with Gasteiger partial charge in [0.25, 0.3) is 5.56 Å². The molecule has 2 aromatic heterocycles. The minimum Gasteiger partial charge on any atom is -0.373 e. The first kappa shape index (κ1) is 8.70. The molecular formula is C7H8N4O3. The zero-order valence-electron chi connectivity index (χ0n) is 7.31. The minimum absolute atomic E-state index is 0.172. The maximum absolute atomic E-state index is 11.6. The summed E-state index contributed by atoms with van der Waals surface area (Å²) in [7, 11) is 0. The second kappa shape index (κ2) is 2.81. The van der Waals surface area contributed by atoms with Gasteiger partial charge in [-0.1, -0.05) is 0 Å². The lowest BCUT2D eigenvalue weighted by Crippen LogP contribution is -2.37. The van der Waals surface area contributed by atoms with Crippen LogP contribution in [-0.2, 0) is 0 Å². The molecular weight excluding hydrogens is 188 g/mol. The lowest BCUT2D eigenvalue weighted by atomic mass is 10.5. The van der Waals surface area contributed by atoms with Crippen molar-refractivity contribution in [3.05, 3.63) is 27.2 Å². The Morgan fingerprint density at radius 1 is 1.57 bits per heavy atom. The summed E-state index contributed by atoms with van der Waals surface area (Å²) >= 11 is 0. The molecule has 0 radical (unpaired) electrons. The van der Waals surface area contributed by atoms with Crippen LogP contribution in [0.2, 0.25) is 0 Å². The van der Waals surface area contributed by atoms with Gasteiger partial charge >= 0.3 is 5.69 Å². The first-order chi connectivity index (χ1) is 6.61. The summed E-state index contributed by atoms with van der Waals surface area (Å²) in [6.07, 6.45) is 0.132. The number of nitrogens with zero attached hydrogens (tertiary/aromatic N) is 2. The maximum Gasteiger partial charge on any atom is 0.332 e. The molecule has 0 aliphatic carbocycles. The summed E-state index contributed by atoms with van der Waals surface area (Å²) in [5.74, 6) is 0. The topological polar surface area (TPSA) is 104 Å². The Morgan fingerprint density at radius 2 is 2.29 bits per heavy atom. The molecule has 3 N–H and O–H groups in total. The Morgan fingerprint density at radius 3 is 2.93 bits per heavy atom. The third-order valence-corrected chi connectivity index (χ3v) is 1.89. The molecule has 1 unspecified atom stereocenters. The Balaban J connectivity index is 2.97. The highest BCUT2D eigenvalue weighted by Gasteiger charge is 2.11. The van der Waals surface area contributed by atoms with Crippen LogP contribution in [0.4, 0.5) is 0 Å². The lowest BCUT2D eigenvalue weighted by Gasteiger charge is -2.05. The van der Waals surface area contributed by atoms with Gasteiger partial charge in [-0.15, -0.1) is 0 Å². The molecule has 74 valence electrons. The molecule has 0 fully saturated rings. The van der Waals surface area contributed by atoms with Crippen LogP contribution in [0.3, 0.4) is 0 Å². The smallest absolute Gasteiger partial charge is 0.332 e. The largest absolute Gasteiger partial charge is 0.373 e. The van der Waals surface area contributed by atoms with Gasteiger partial charge in [-0.3, -0.25) is 9.78 Å². The standard InChI is InChI=1S/C7H8N4O3/c1-3(12)11-6(13)4-5(9-2-8-4)10-7(11)14/h2-3,12H,1H3,(H,8,9)(H,10,14). The zero-order chi connectivity index (χ0) is 10.3. The van der Waals surface area contributed by atoms with Gasteiger partial charge in [0.05, 0.1) is 6.33 Å². The molecule has 2 rings (SSSR count). The molecule has 1 atom stereocenters. The maximum atomic E-state index is 11.6. The molecule has 0 bridgehead atoms. The second-order valence-electron chi connectivity index (χ2n) is 2.86. The van der Waals surface area contributed by atoms with Gasteiger partial charge in [-0.05, 0) is 6.92 Å². The van der Waals surface area contributed by atoms with Gasteiger partial charge in [-0.2, -0.15) is 0 Å². The van der Waals surface area contributed by atoms with E-state index >= 15 is 0 Å². The van der Waals surface area contributed by atoms with Crippen LogP contribution >= 0.6 is 0 Å². The number of H-pyrrole nitrogens is 2. The normalized spacial score (nSPS) is 13.3. The summed E-state index contributed by atoms with van der Waals surface area (Å²) in [5.41, 5.74) is -0.900. The second-order valence-corrected chi connectivity index (χ2v) is 2.86. The van der Waals surface area contributed by atoms with Crippen molar-refractivity contribution in [3.63, 3.8) is 0 Å². The predicted octanol–water partition coefficient (Wildman–Crippen LogP) is -1.08. The average molecular weight is 196 g/mol. The first-order valence-electron chi connectivity index (χ1n) is 3.97. The third kappa shape index (κ3) is 1.06. The van der Waals surface area contributed by atoms with Crippen LogP contribution in [0.5, 0.6) is 0 Å². The fourth-order valence-corrected chi connectivity index (χ4v) is 1.27. The van der Waals surface area contributed by atoms with Gasteiger partial charge in [0.1, 0.15) is 11.7 Å². The summed E-state index contributed by atoms with van der Waals surface area (Å²) in [4.78, 5) is 31.5. The minimum atomic E-state index is -1.17. The monoisotopic (exact) mass is 196 g/mol. The van der Waals surface area contributed by atoms with Gasteiger partial charge < -0.3 is 10.1 Å². The molecule has 0 saturated carbocycles. The van der Waals surface area contributed by atoms with Crippen molar-refractivity contribution in [2.24, 2.45) is 0 Å². The number of aromatic nitrogens is 4. The van der Waals surface area contributed by atoms with Gasteiger partial charge in [0.2, 0.25) is 0 Å². The number of aromatic amines is 2. The van der Waals surface area contributed by atoms with Crippen molar-refractivity contribution in [3.8, 4) is 0 Å². The summed E-state index contributed by atoms with van der Waals surface area (Å²) < 4.78 is 0.709. The van der Waals surface area contributed by atoms with Gasteiger partial charge in [0, 0.05) is 0 Å². The van der Waals surface area contributed by atoms with Crippen molar-refractivity contribution >= 4 is 11.2 Å². The average Bonchev–Trinajstić information content (AvgIpc) is 2.50. The van der Waals surface area contributed by atoms with Crippen LogP contribution in [-0.4, -0.2) is 24.6 Å². The quantitative estimate of drug-likeness (QED) is 0.539. The molecule has 2 aromatic rings. The highest BCUT2D eigenvalue weighted by Crippen LogP contribution is 1.97. The van der Waals surface area contributed by atoms with Crippen LogP contribution in [0.1, 0.15) is 13.2 Å². The van der Waals surface area contributed by atoms with E-state index in [1.54, 1.807) is 0 Å². The molecule has 2 heterocycles. The fraction of sp³-hybridized carbons (Fsp3) is 0.286. The van der Waals surface area contributed by atoms with Gasteiger partial charge in [-0.25, -0.2) is 14.3 Å². The van der Waals surface area contributed by atoms with E-state index < -0.39 is 17.5 Å². The van der Waals surface area contributed by atoms with Crippen molar-refractivity contribution in [2.45, 2.75) is 13.2 Å². The molecule has 0 amide bonds. The number of imidazole rings is 1. The third-order valence-electron chi connectivity index (χ3n) is 1.89. The van der Waals surface area contributed by atoms with Crippen LogP contribution < -0.4 is 11.2 Å². The number of aliphatic hydroxyl groups is 1. The molecule has 0 aromatic carbocycles. The fourth-order valence-electron chi connectivity index (χ4n) is 1.27. The van der Waals surface area contributed by atoms with Gasteiger partial charge in [0.15, 0.2) is 5.65 Å². The number of aliphatic hydroxyl groups excluding tert-OH is 1. The van der Waals surface area contributed by atoms with E-state index in [4.69, 9.17) is 0 Å². The Labute approximate surface area is 77.0 Å². The summed E-state index contributed by atoms with van der Waals surface area (Å²) in [6.45, 7) is 1.33. The van der Waals surface area contributed by atoms with Crippen LogP contribution in [0.25, 0.3) is 11.2 Å².